The summed E-state index contributed by atoms with van der Waals surface area (Å²) in [6.07, 6.45) is 3.95. The molecule has 2 saturated carbocycles. The monoisotopic (exact) mass is 261 g/mol. The highest BCUT2D eigenvalue weighted by Crippen LogP contribution is 2.66. The average Bonchev–Trinajstić information content (AvgIpc) is 2.60. The maximum absolute atomic E-state index is 6.18. The molecule has 104 valence electrons. The molecule has 1 heterocycles. The van der Waals surface area contributed by atoms with Crippen LogP contribution in [0.4, 0.5) is 5.95 Å². The number of aromatic nitrogens is 2. The normalized spacial score (nSPS) is 35.6. The number of rotatable bonds is 2. The maximum atomic E-state index is 6.18. The summed E-state index contributed by atoms with van der Waals surface area (Å²) in [4.78, 5) is 8.29. The molecule has 2 N–H and O–H groups in total. The van der Waals surface area contributed by atoms with E-state index < -0.39 is 0 Å². The Labute approximate surface area is 114 Å². The summed E-state index contributed by atoms with van der Waals surface area (Å²) in [5.41, 5.74) is 7.14. The molecule has 0 amide bonds. The van der Waals surface area contributed by atoms with Crippen molar-refractivity contribution in [3.63, 3.8) is 0 Å². The van der Waals surface area contributed by atoms with Crippen LogP contribution in [0, 0.1) is 23.7 Å². The van der Waals surface area contributed by atoms with Gasteiger partial charge in [-0.2, -0.15) is 4.98 Å². The van der Waals surface area contributed by atoms with Crippen molar-refractivity contribution in [1.82, 2.24) is 9.97 Å². The molecule has 0 aliphatic heterocycles. The van der Waals surface area contributed by atoms with Crippen molar-refractivity contribution in [3.05, 3.63) is 11.8 Å². The van der Waals surface area contributed by atoms with E-state index in [1.807, 2.05) is 13.0 Å². The molecule has 4 heteroatoms. The molecule has 2 aliphatic carbocycles. The van der Waals surface area contributed by atoms with Crippen LogP contribution < -0.4 is 10.5 Å². The number of hydrogen-bond donors (Lipinski definition) is 1. The molecule has 0 saturated heterocycles. The third-order valence-electron chi connectivity index (χ3n) is 5.82. The van der Waals surface area contributed by atoms with Crippen LogP contribution in [-0.4, -0.2) is 16.1 Å². The van der Waals surface area contributed by atoms with E-state index in [1.54, 1.807) is 0 Å². The van der Waals surface area contributed by atoms with Crippen molar-refractivity contribution in [2.75, 3.05) is 5.73 Å². The minimum atomic E-state index is 0.241. The standard InChI is InChI=1S/C15H23N3O/c1-9-7-12(18-13(16)17-9)19-11-8-10-5-6-15(11,4)14(10,2)3/h7,10-11H,5-6,8H2,1-4H3,(H2,16,17,18). The zero-order valence-corrected chi connectivity index (χ0v) is 12.2. The quantitative estimate of drug-likeness (QED) is 0.889. The van der Waals surface area contributed by atoms with Gasteiger partial charge in [0.05, 0.1) is 0 Å². The maximum Gasteiger partial charge on any atom is 0.223 e. The second kappa shape index (κ2) is 3.84. The Morgan fingerprint density at radius 1 is 1.32 bits per heavy atom. The first kappa shape index (κ1) is 12.7. The average molecular weight is 261 g/mol. The Morgan fingerprint density at radius 2 is 2.05 bits per heavy atom. The van der Waals surface area contributed by atoms with E-state index in [0.29, 0.717) is 17.2 Å². The zero-order chi connectivity index (χ0) is 13.8. The molecule has 0 radical (unpaired) electrons. The highest BCUT2D eigenvalue weighted by atomic mass is 16.5. The Bertz CT molecular complexity index is 494. The number of aryl methyl sites for hydroxylation is 1. The van der Waals surface area contributed by atoms with E-state index >= 15 is 0 Å². The van der Waals surface area contributed by atoms with Crippen molar-refractivity contribution < 1.29 is 4.74 Å². The first-order valence-electron chi connectivity index (χ1n) is 7.11. The molecular formula is C15H23N3O. The second-order valence-corrected chi connectivity index (χ2v) is 6.92. The SMILES string of the molecule is Cc1cc(OC2CC3CCC2(C)C3(C)C)nc(N)n1. The lowest BCUT2D eigenvalue weighted by Gasteiger charge is -2.38. The number of anilines is 1. The van der Waals surface area contributed by atoms with E-state index in [2.05, 4.69) is 30.7 Å². The van der Waals surface area contributed by atoms with Crippen molar-refractivity contribution in [3.8, 4) is 5.88 Å². The molecule has 2 aliphatic rings. The topological polar surface area (TPSA) is 61.0 Å². The molecule has 0 spiro atoms. The number of nitrogen functional groups attached to an aromatic ring is 1. The lowest BCUT2D eigenvalue weighted by molar-refractivity contribution is 0.0273. The van der Waals surface area contributed by atoms with Crippen LogP contribution in [0.2, 0.25) is 0 Å². The van der Waals surface area contributed by atoms with E-state index in [1.165, 1.54) is 12.8 Å². The predicted octanol–water partition coefficient (Wildman–Crippen LogP) is 2.96. The molecule has 4 nitrogen and oxygen atoms in total. The van der Waals surface area contributed by atoms with Gasteiger partial charge in [0.25, 0.3) is 0 Å². The number of hydrogen-bond acceptors (Lipinski definition) is 4. The number of fused-ring (bicyclic) bond motifs is 2. The molecular weight excluding hydrogens is 238 g/mol. The van der Waals surface area contributed by atoms with Crippen LogP contribution in [0.3, 0.4) is 0 Å². The number of nitrogens with zero attached hydrogens (tertiary/aromatic N) is 2. The fraction of sp³-hybridized carbons (Fsp3) is 0.733. The molecule has 3 unspecified atom stereocenters. The van der Waals surface area contributed by atoms with Gasteiger partial charge >= 0.3 is 0 Å². The smallest absolute Gasteiger partial charge is 0.223 e. The first-order valence-corrected chi connectivity index (χ1v) is 7.11. The fourth-order valence-corrected chi connectivity index (χ4v) is 4.08. The van der Waals surface area contributed by atoms with Crippen molar-refractivity contribution in [1.29, 1.82) is 0 Å². The summed E-state index contributed by atoms with van der Waals surface area (Å²) in [6.45, 7) is 9.04. The molecule has 1 aromatic heterocycles. The Balaban J connectivity index is 1.86. The fourth-order valence-electron chi connectivity index (χ4n) is 4.08. The Kier molecular flexibility index (Phi) is 2.57. The van der Waals surface area contributed by atoms with Crippen LogP contribution in [-0.2, 0) is 0 Å². The van der Waals surface area contributed by atoms with Crippen molar-refractivity contribution in [2.24, 2.45) is 16.7 Å². The van der Waals surface area contributed by atoms with Gasteiger partial charge in [-0.3, -0.25) is 0 Å². The van der Waals surface area contributed by atoms with Crippen LogP contribution >= 0.6 is 0 Å². The summed E-state index contributed by atoms with van der Waals surface area (Å²) < 4.78 is 6.18. The van der Waals surface area contributed by atoms with Crippen LogP contribution in [0.5, 0.6) is 5.88 Å². The van der Waals surface area contributed by atoms with Crippen LogP contribution in [0.15, 0.2) is 6.07 Å². The minimum Gasteiger partial charge on any atom is -0.474 e. The van der Waals surface area contributed by atoms with Gasteiger partial charge in [-0.1, -0.05) is 20.8 Å². The summed E-state index contributed by atoms with van der Waals surface area (Å²) in [5.74, 6) is 1.69. The summed E-state index contributed by atoms with van der Waals surface area (Å²) in [6, 6.07) is 1.87. The van der Waals surface area contributed by atoms with Gasteiger partial charge in [-0.25, -0.2) is 4.98 Å². The lowest BCUT2D eigenvalue weighted by Crippen LogP contribution is -2.39. The Hall–Kier alpha value is -1.32. The second-order valence-electron chi connectivity index (χ2n) is 6.92. The highest BCUT2D eigenvalue weighted by Gasteiger charge is 2.62. The van der Waals surface area contributed by atoms with Gasteiger partial charge in [-0.05, 0) is 37.5 Å². The molecule has 3 atom stereocenters. The van der Waals surface area contributed by atoms with Crippen LogP contribution in [0.25, 0.3) is 0 Å². The Morgan fingerprint density at radius 3 is 2.58 bits per heavy atom. The molecule has 1 aromatic rings. The van der Waals surface area contributed by atoms with E-state index in [4.69, 9.17) is 10.5 Å². The third-order valence-corrected chi connectivity index (χ3v) is 5.82. The van der Waals surface area contributed by atoms with Gasteiger partial charge in [0.15, 0.2) is 0 Å². The first-order chi connectivity index (χ1) is 8.83. The van der Waals surface area contributed by atoms with Gasteiger partial charge in [0.1, 0.15) is 6.10 Å². The molecule has 19 heavy (non-hydrogen) atoms. The van der Waals surface area contributed by atoms with Crippen molar-refractivity contribution in [2.45, 2.75) is 53.1 Å². The molecule has 2 fully saturated rings. The van der Waals surface area contributed by atoms with Gasteiger partial charge in [0, 0.05) is 17.2 Å². The molecule has 2 bridgehead atoms. The largest absolute Gasteiger partial charge is 0.474 e. The summed E-state index contributed by atoms with van der Waals surface area (Å²) >= 11 is 0. The molecule has 0 aromatic carbocycles. The minimum absolute atomic E-state index is 0.241. The van der Waals surface area contributed by atoms with Gasteiger partial charge < -0.3 is 10.5 Å². The summed E-state index contributed by atoms with van der Waals surface area (Å²) in [5, 5.41) is 0. The highest BCUT2D eigenvalue weighted by molar-refractivity contribution is 5.26. The lowest BCUT2D eigenvalue weighted by atomic mass is 9.70. The van der Waals surface area contributed by atoms with E-state index in [0.717, 1.165) is 18.0 Å². The predicted molar refractivity (Wildman–Crippen MR) is 74.8 cm³/mol. The van der Waals surface area contributed by atoms with Crippen LogP contribution in [0.1, 0.15) is 45.7 Å². The van der Waals surface area contributed by atoms with E-state index in [9.17, 15) is 0 Å². The van der Waals surface area contributed by atoms with Gasteiger partial charge in [-0.15, -0.1) is 0 Å². The van der Waals surface area contributed by atoms with E-state index in [-0.39, 0.29) is 11.5 Å². The number of ether oxygens (including phenoxy) is 1. The van der Waals surface area contributed by atoms with Crippen molar-refractivity contribution >= 4 is 5.95 Å². The third kappa shape index (κ3) is 1.72. The zero-order valence-electron chi connectivity index (χ0n) is 12.2. The van der Waals surface area contributed by atoms with Gasteiger partial charge in [0.2, 0.25) is 11.8 Å². The summed E-state index contributed by atoms with van der Waals surface area (Å²) in [7, 11) is 0. The number of nitrogens with two attached hydrogens (primary N) is 1. The molecule has 3 rings (SSSR count).